The average molecular weight is 231 g/mol. The van der Waals surface area contributed by atoms with Crippen LogP contribution in [0.15, 0.2) is 30.5 Å². The Hall–Kier alpha value is -1.52. The van der Waals surface area contributed by atoms with E-state index in [1.807, 2.05) is 19.2 Å². The Morgan fingerprint density at radius 3 is 2.94 bits per heavy atom. The second kappa shape index (κ2) is 5.70. The summed E-state index contributed by atoms with van der Waals surface area (Å²) in [6.07, 6.45) is 2.61. The minimum absolute atomic E-state index is 0.264. The first-order chi connectivity index (χ1) is 8.35. The molecule has 1 atom stereocenters. The van der Waals surface area contributed by atoms with E-state index in [1.165, 1.54) is 5.39 Å². The summed E-state index contributed by atoms with van der Waals surface area (Å²) in [4.78, 5) is 0. The fourth-order valence-electron chi connectivity index (χ4n) is 1.92. The van der Waals surface area contributed by atoms with Crippen LogP contribution in [0.4, 0.5) is 0 Å². The van der Waals surface area contributed by atoms with Crippen LogP contribution in [0.5, 0.6) is 0 Å². The van der Waals surface area contributed by atoms with Crippen LogP contribution in [0.1, 0.15) is 5.69 Å². The molecule has 4 nitrogen and oxygen atoms in total. The van der Waals surface area contributed by atoms with E-state index >= 15 is 0 Å². The largest absolute Gasteiger partial charge is 0.383 e. The van der Waals surface area contributed by atoms with Crippen molar-refractivity contribution < 1.29 is 4.74 Å². The summed E-state index contributed by atoms with van der Waals surface area (Å²) >= 11 is 0. The van der Waals surface area contributed by atoms with Gasteiger partial charge >= 0.3 is 0 Å². The zero-order chi connectivity index (χ0) is 12.1. The zero-order valence-corrected chi connectivity index (χ0v) is 10.2. The van der Waals surface area contributed by atoms with Gasteiger partial charge in [0.2, 0.25) is 0 Å². The number of likely N-dealkylation sites (N-methyl/N-ethyl adjacent to an activating group) is 1. The molecular weight excluding hydrogens is 214 g/mol. The lowest BCUT2D eigenvalue weighted by atomic mass is 10.1. The first kappa shape index (κ1) is 12.0. The normalized spacial score (nSPS) is 12.8. The lowest BCUT2D eigenvalue weighted by Crippen LogP contribution is -2.32. The van der Waals surface area contributed by atoms with Crippen LogP contribution in [-0.2, 0) is 11.2 Å². The maximum absolute atomic E-state index is 5.17. The van der Waals surface area contributed by atoms with Gasteiger partial charge in [0.25, 0.3) is 0 Å². The monoisotopic (exact) mass is 231 g/mol. The minimum atomic E-state index is 0.264. The Bertz CT molecular complexity index is 482. The molecule has 1 aromatic carbocycles. The predicted octanol–water partition coefficient (Wildman–Crippen LogP) is 1.41. The molecule has 1 heterocycles. The fraction of sp³-hybridized carbons (Fsp3) is 0.385. The van der Waals surface area contributed by atoms with Crippen molar-refractivity contribution in [2.45, 2.75) is 12.5 Å². The van der Waals surface area contributed by atoms with Crippen molar-refractivity contribution in [2.75, 3.05) is 20.8 Å². The van der Waals surface area contributed by atoms with Crippen molar-refractivity contribution in [2.24, 2.45) is 0 Å². The number of fused-ring (bicyclic) bond motifs is 1. The molecule has 2 aromatic rings. The van der Waals surface area contributed by atoms with Crippen molar-refractivity contribution in [3.63, 3.8) is 0 Å². The van der Waals surface area contributed by atoms with Crippen LogP contribution in [0.2, 0.25) is 0 Å². The second-order valence-corrected chi connectivity index (χ2v) is 4.02. The van der Waals surface area contributed by atoms with Crippen LogP contribution in [0.3, 0.4) is 0 Å². The van der Waals surface area contributed by atoms with Crippen LogP contribution in [0.25, 0.3) is 10.8 Å². The maximum Gasteiger partial charge on any atom is 0.0725 e. The topological polar surface area (TPSA) is 47.0 Å². The Kier molecular flexibility index (Phi) is 4.01. The zero-order valence-electron chi connectivity index (χ0n) is 10.2. The number of hydrogen-bond acceptors (Lipinski definition) is 4. The Morgan fingerprint density at radius 2 is 2.18 bits per heavy atom. The van der Waals surface area contributed by atoms with E-state index < -0.39 is 0 Å². The highest BCUT2D eigenvalue weighted by molar-refractivity contribution is 5.83. The van der Waals surface area contributed by atoms with Crippen molar-refractivity contribution in [3.05, 3.63) is 36.2 Å². The van der Waals surface area contributed by atoms with Crippen LogP contribution >= 0.6 is 0 Å². The molecule has 0 radical (unpaired) electrons. The van der Waals surface area contributed by atoms with Gasteiger partial charge in [0.15, 0.2) is 0 Å². The Labute approximate surface area is 101 Å². The number of nitrogens with one attached hydrogen (secondary N) is 1. The summed E-state index contributed by atoms with van der Waals surface area (Å²) in [7, 11) is 3.64. The molecule has 0 amide bonds. The third-order valence-electron chi connectivity index (χ3n) is 2.86. The number of hydrogen-bond donors (Lipinski definition) is 1. The number of rotatable bonds is 5. The SMILES string of the molecule is CNC(COC)Cc1nncc2ccccc12. The van der Waals surface area contributed by atoms with Gasteiger partial charge in [-0.15, -0.1) is 0 Å². The smallest absolute Gasteiger partial charge is 0.0725 e. The third kappa shape index (κ3) is 2.78. The molecule has 4 heteroatoms. The first-order valence-corrected chi connectivity index (χ1v) is 5.70. The molecule has 17 heavy (non-hydrogen) atoms. The standard InChI is InChI=1S/C13H17N3O/c1-14-11(9-17-2)7-13-12-6-4-3-5-10(12)8-15-16-13/h3-6,8,11,14H,7,9H2,1-2H3. The van der Waals surface area contributed by atoms with Crippen molar-refractivity contribution in [1.29, 1.82) is 0 Å². The van der Waals surface area contributed by atoms with E-state index in [-0.39, 0.29) is 6.04 Å². The van der Waals surface area contributed by atoms with Gasteiger partial charge in [0, 0.05) is 30.3 Å². The van der Waals surface area contributed by atoms with E-state index in [4.69, 9.17) is 4.74 Å². The minimum Gasteiger partial charge on any atom is -0.383 e. The quantitative estimate of drug-likeness (QED) is 0.845. The van der Waals surface area contributed by atoms with Crippen LogP contribution in [0, 0.1) is 0 Å². The number of aromatic nitrogens is 2. The predicted molar refractivity (Wildman–Crippen MR) is 68.0 cm³/mol. The molecule has 0 saturated heterocycles. The third-order valence-corrected chi connectivity index (χ3v) is 2.86. The van der Waals surface area contributed by atoms with Crippen molar-refractivity contribution in [1.82, 2.24) is 15.5 Å². The van der Waals surface area contributed by atoms with Crippen LogP contribution in [-0.4, -0.2) is 37.0 Å². The molecule has 1 aromatic heterocycles. The summed E-state index contributed by atoms with van der Waals surface area (Å²) < 4.78 is 5.17. The van der Waals surface area contributed by atoms with Gasteiger partial charge in [-0.05, 0) is 7.05 Å². The van der Waals surface area contributed by atoms with Gasteiger partial charge in [0.1, 0.15) is 0 Å². The molecule has 0 aliphatic carbocycles. The number of ether oxygens (including phenoxy) is 1. The van der Waals surface area contributed by atoms with E-state index in [9.17, 15) is 0 Å². The average Bonchev–Trinajstić information content (AvgIpc) is 2.38. The molecule has 0 aliphatic rings. The molecule has 0 aliphatic heterocycles. The summed E-state index contributed by atoms with van der Waals surface area (Å²) in [5, 5.41) is 13.8. The summed E-state index contributed by atoms with van der Waals surface area (Å²) in [5.41, 5.74) is 1.01. The van der Waals surface area contributed by atoms with E-state index in [2.05, 4.69) is 27.6 Å². The first-order valence-electron chi connectivity index (χ1n) is 5.70. The van der Waals surface area contributed by atoms with Gasteiger partial charge in [-0.2, -0.15) is 10.2 Å². The van der Waals surface area contributed by atoms with E-state index in [0.29, 0.717) is 6.61 Å². The lowest BCUT2D eigenvalue weighted by Gasteiger charge is -2.15. The Morgan fingerprint density at radius 1 is 1.35 bits per heavy atom. The molecule has 0 spiro atoms. The molecule has 0 fully saturated rings. The van der Waals surface area contributed by atoms with Crippen molar-refractivity contribution >= 4 is 10.8 Å². The summed E-state index contributed by atoms with van der Waals surface area (Å²) in [6, 6.07) is 8.44. The summed E-state index contributed by atoms with van der Waals surface area (Å²) in [6.45, 7) is 0.668. The van der Waals surface area contributed by atoms with E-state index in [0.717, 1.165) is 17.5 Å². The molecule has 0 bridgehead atoms. The van der Waals surface area contributed by atoms with Crippen LogP contribution < -0.4 is 5.32 Å². The molecule has 90 valence electrons. The highest BCUT2D eigenvalue weighted by Gasteiger charge is 2.10. The molecule has 1 N–H and O–H groups in total. The molecule has 1 unspecified atom stereocenters. The number of nitrogens with zero attached hydrogens (tertiary/aromatic N) is 2. The highest BCUT2D eigenvalue weighted by atomic mass is 16.5. The van der Waals surface area contributed by atoms with Gasteiger partial charge in [-0.25, -0.2) is 0 Å². The highest BCUT2D eigenvalue weighted by Crippen LogP contribution is 2.16. The molecule has 0 saturated carbocycles. The van der Waals surface area contributed by atoms with E-state index in [1.54, 1.807) is 13.3 Å². The van der Waals surface area contributed by atoms with Crippen molar-refractivity contribution in [3.8, 4) is 0 Å². The number of methoxy groups -OCH3 is 1. The fourth-order valence-corrected chi connectivity index (χ4v) is 1.92. The van der Waals surface area contributed by atoms with Gasteiger partial charge in [-0.3, -0.25) is 0 Å². The molecular formula is C13H17N3O. The lowest BCUT2D eigenvalue weighted by molar-refractivity contribution is 0.169. The maximum atomic E-state index is 5.17. The van der Waals surface area contributed by atoms with Gasteiger partial charge < -0.3 is 10.1 Å². The summed E-state index contributed by atoms with van der Waals surface area (Å²) in [5.74, 6) is 0. The number of benzene rings is 1. The molecule has 2 rings (SSSR count). The Balaban J connectivity index is 2.28. The van der Waals surface area contributed by atoms with Gasteiger partial charge in [-0.1, -0.05) is 24.3 Å². The van der Waals surface area contributed by atoms with Gasteiger partial charge in [0.05, 0.1) is 18.5 Å². The second-order valence-electron chi connectivity index (χ2n) is 4.02.